The van der Waals surface area contributed by atoms with Crippen LogP contribution in [0.5, 0.6) is 0 Å². The van der Waals surface area contributed by atoms with E-state index < -0.39 is 0 Å². The van der Waals surface area contributed by atoms with Gasteiger partial charge in [-0.25, -0.2) is 15.0 Å². The van der Waals surface area contributed by atoms with Crippen molar-refractivity contribution in [1.29, 1.82) is 0 Å². The third-order valence-corrected chi connectivity index (χ3v) is 3.04. The maximum atomic E-state index is 5.97. The van der Waals surface area contributed by atoms with Crippen LogP contribution in [0.25, 0.3) is 10.8 Å². The first-order valence-corrected chi connectivity index (χ1v) is 6.27. The van der Waals surface area contributed by atoms with Gasteiger partial charge in [0.2, 0.25) is 5.28 Å². The Hall–Kier alpha value is -1.91. The topological polar surface area (TPSA) is 50.7 Å². The molecule has 4 nitrogen and oxygen atoms in total. The summed E-state index contributed by atoms with van der Waals surface area (Å²) in [5.41, 5.74) is 0.722. The Morgan fingerprint density at radius 1 is 0.947 bits per heavy atom. The van der Waals surface area contributed by atoms with Crippen molar-refractivity contribution in [3.8, 4) is 0 Å². The summed E-state index contributed by atoms with van der Waals surface area (Å²) in [6.45, 7) is 0. The number of nitrogens with zero attached hydrogens (tertiary/aromatic N) is 3. The van der Waals surface area contributed by atoms with E-state index in [9.17, 15) is 0 Å². The van der Waals surface area contributed by atoms with E-state index in [1.165, 1.54) is 0 Å². The van der Waals surface area contributed by atoms with Crippen molar-refractivity contribution in [1.82, 2.24) is 15.0 Å². The molecule has 0 amide bonds. The maximum Gasteiger partial charge on any atom is 0.222 e. The smallest absolute Gasteiger partial charge is 0.222 e. The van der Waals surface area contributed by atoms with Gasteiger partial charge in [-0.15, -0.1) is 0 Å². The van der Waals surface area contributed by atoms with Crippen LogP contribution in [0, 0.1) is 0 Å². The van der Waals surface area contributed by atoms with Crippen LogP contribution >= 0.6 is 23.2 Å². The van der Waals surface area contributed by atoms with Crippen LogP contribution in [0.1, 0.15) is 0 Å². The molecule has 0 radical (unpaired) electrons. The van der Waals surface area contributed by atoms with Gasteiger partial charge in [-0.1, -0.05) is 11.6 Å². The highest BCUT2D eigenvalue weighted by atomic mass is 35.5. The van der Waals surface area contributed by atoms with Gasteiger partial charge in [-0.3, -0.25) is 0 Å². The molecule has 3 aromatic rings. The van der Waals surface area contributed by atoms with Crippen molar-refractivity contribution in [2.75, 3.05) is 5.32 Å². The van der Waals surface area contributed by atoms with Crippen LogP contribution in [-0.2, 0) is 0 Å². The predicted molar refractivity (Wildman–Crippen MR) is 77.1 cm³/mol. The molecular weight excluding hydrogens is 283 g/mol. The fraction of sp³-hybridized carbons (Fsp3) is 0. The summed E-state index contributed by atoms with van der Waals surface area (Å²) in [6.07, 6.45) is 4.93. The zero-order valence-corrected chi connectivity index (χ0v) is 11.2. The summed E-state index contributed by atoms with van der Waals surface area (Å²) < 4.78 is 0. The molecule has 94 valence electrons. The van der Waals surface area contributed by atoms with Gasteiger partial charge in [-0.2, -0.15) is 0 Å². The lowest BCUT2D eigenvalue weighted by Crippen LogP contribution is -1.96. The Balaban J connectivity index is 2.03. The highest BCUT2D eigenvalue weighted by Crippen LogP contribution is 2.26. The fourth-order valence-electron chi connectivity index (χ4n) is 1.76. The molecule has 0 atom stereocenters. The molecule has 0 aliphatic rings. The number of nitrogens with one attached hydrogen (secondary N) is 1. The molecule has 2 aromatic heterocycles. The van der Waals surface area contributed by atoms with Crippen LogP contribution < -0.4 is 5.32 Å². The summed E-state index contributed by atoms with van der Waals surface area (Å²) in [7, 11) is 0. The van der Waals surface area contributed by atoms with E-state index >= 15 is 0 Å². The Bertz CT molecular complexity index is 728. The summed E-state index contributed by atoms with van der Waals surface area (Å²) in [4.78, 5) is 12.1. The lowest BCUT2D eigenvalue weighted by molar-refractivity contribution is 1.16. The van der Waals surface area contributed by atoms with Crippen molar-refractivity contribution in [2.45, 2.75) is 0 Å². The fourth-order valence-corrected chi connectivity index (χ4v) is 2.04. The number of benzene rings is 1. The SMILES string of the molecule is Clc1ccc2c(Nc3cnc(Cl)nc3)nccc2c1. The Morgan fingerprint density at radius 2 is 1.74 bits per heavy atom. The molecule has 0 bridgehead atoms. The molecule has 0 spiro atoms. The molecule has 0 fully saturated rings. The average molecular weight is 291 g/mol. The molecule has 0 unspecified atom stereocenters. The Labute approximate surface area is 119 Å². The van der Waals surface area contributed by atoms with Crippen molar-refractivity contribution < 1.29 is 0 Å². The van der Waals surface area contributed by atoms with Crippen molar-refractivity contribution in [3.63, 3.8) is 0 Å². The molecule has 0 saturated heterocycles. The van der Waals surface area contributed by atoms with E-state index in [4.69, 9.17) is 23.2 Å². The van der Waals surface area contributed by atoms with Gasteiger partial charge in [0.25, 0.3) is 0 Å². The Morgan fingerprint density at radius 3 is 2.53 bits per heavy atom. The third kappa shape index (κ3) is 2.59. The zero-order chi connectivity index (χ0) is 13.2. The molecule has 1 N–H and O–H groups in total. The second kappa shape index (κ2) is 4.99. The van der Waals surface area contributed by atoms with Crippen molar-refractivity contribution in [2.24, 2.45) is 0 Å². The summed E-state index contributed by atoms with van der Waals surface area (Å²) in [6, 6.07) is 7.55. The first-order chi connectivity index (χ1) is 9.22. The van der Waals surface area contributed by atoms with Gasteiger partial charge in [0, 0.05) is 16.6 Å². The van der Waals surface area contributed by atoms with Gasteiger partial charge in [0.15, 0.2) is 0 Å². The van der Waals surface area contributed by atoms with Gasteiger partial charge < -0.3 is 5.32 Å². The minimum atomic E-state index is 0.211. The highest BCUT2D eigenvalue weighted by Gasteiger charge is 2.04. The van der Waals surface area contributed by atoms with E-state index in [0.717, 1.165) is 22.3 Å². The molecule has 1 aromatic carbocycles. The number of halogens is 2. The first-order valence-electron chi connectivity index (χ1n) is 5.51. The summed E-state index contributed by atoms with van der Waals surface area (Å²) in [5, 5.41) is 6.05. The molecule has 2 heterocycles. The monoisotopic (exact) mass is 290 g/mol. The highest BCUT2D eigenvalue weighted by molar-refractivity contribution is 6.31. The maximum absolute atomic E-state index is 5.97. The zero-order valence-electron chi connectivity index (χ0n) is 9.64. The van der Waals surface area contributed by atoms with Crippen molar-refractivity contribution >= 4 is 45.5 Å². The second-order valence-electron chi connectivity index (χ2n) is 3.89. The molecule has 6 heteroatoms. The van der Waals surface area contributed by atoms with E-state index in [1.807, 2.05) is 24.3 Å². The number of pyridine rings is 1. The normalized spacial score (nSPS) is 10.6. The van der Waals surface area contributed by atoms with Crippen LogP contribution in [0.4, 0.5) is 11.5 Å². The van der Waals surface area contributed by atoms with Gasteiger partial charge in [-0.05, 0) is 41.3 Å². The number of fused-ring (bicyclic) bond motifs is 1. The van der Waals surface area contributed by atoms with Gasteiger partial charge in [0.05, 0.1) is 18.1 Å². The number of rotatable bonds is 2. The van der Waals surface area contributed by atoms with Crippen LogP contribution in [-0.4, -0.2) is 15.0 Å². The lowest BCUT2D eigenvalue weighted by Gasteiger charge is -2.08. The van der Waals surface area contributed by atoms with Crippen molar-refractivity contribution in [3.05, 3.63) is 53.2 Å². The summed E-state index contributed by atoms with van der Waals surface area (Å²) in [5.74, 6) is 0.722. The quantitative estimate of drug-likeness (QED) is 0.723. The molecular formula is C13H8Cl2N4. The molecule has 0 saturated carbocycles. The van der Waals surface area contributed by atoms with E-state index in [0.29, 0.717) is 5.02 Å². The van der Waals surface area contributed by atoms with Gasteiger partial charge >= 0.3 is 0 Å². The van der Waals surface area contributed by atoms with E-state index in [-0.39, 0.29) is 5.28 Å². The largest absolute Gasteiger partial charge is 0.337 e. The minimum absolute atomic E-state index is 0.211. The first kappa shape index (κ1) is 12.1. The standard InChI is InChI=1S/C13H8Cl2N4/c14-9-1-2-11-8(5-9)3-4-16-12(11)19-10-6-17-13(15)18-7-10/h1-7H,(H,16,19). The number of hydrogen-bond acceptors (Lipinski definition) is 4. The third-order valence-electron chi connectivity index (χ3n) is 2.61. The van der Waals surface area contributed by atoms with E-state index in [1.54, 1.807) is 18.6 Å². The van der Waals surface area contributed by atoms with Crippen LogP contribution in [0.15, 0.2) is 42.9 Å². The van der Waals surface area contributed by atoms with Crippen LogP contribution in [0.2, 0.25) is 10.3 Å². The number of anilines is 2. The Kier molecular flexibility index (Phi) is 3.19. The number of aromatic nitrogens is 3. The molecule has 3 rings (SSSR count). The lowest BCUT2D eigenvalue weighted by atomic mass is 10.1. The number of hydrogen-bond donors (Lipinski definition) is 1. The summed E-state index contributed by atoms with van der Waals surface area (Å²) >= 11 is 11.6. The molecule has 0 aliphatic carbocycles. The van der Waals surface area contributed by atoms with E-state index in [2.05, 4.69) is 20.3 Å². The molecule has 0 aliphatic heterocycles. The predicted octanol–water partition coefficient (Wildman–Crippen LogP) is 4.08. The second-order valence-corrected chi connectivity index (χ2v) is 4.67. The minimum Gasteiger partial charge on any atom is -0.337 e. The average Bonchev–Trinajstić information content (AvgIpc) is 2.41. The molecule has 19 heavy (non-hydrogen) atoms. The van der Waals surface area contributed by atoms with Crippen LogP contribution in [0.3, 0.4) is 0 Å². The van der Waals surface area contributed by atoms with Gasteiger partial charge in [0.1, 0.15) is 5.82 Å².